The fourth-order valence-corrected chi connectivity index (χ4v) is 2.65. The highest BCUT2D eigenvalue weighted by molar-refractivity contribution is 5.59. The molecular weight excluding hydrogens is 242 g/mol. The summed E-state index contributed by atoms with van der Waals surface area (Å²) in [5, 5.41) is 0. The Bertz CT molecular complexity index is 457. The molecule has 1 aliphatic rings. The fraction of sp³-hybridized carbons (Fsp3) is 0.600. The van der Waals surface area contributed by atoms with Gasteiger partial charge in [-0.3, -0.25) is 4.90 Å². The first-order valence-electron chi connectivity index (χ1n) is 6.67. The average molecular weight is 265 g/mol. The fourth-order valence-electron chi connectivity index (χ4n) is 2.65. The zero-order chi connectivity index (χ0) is 14.0. The van der Waals surface area contributed by atoms with Crippen molar-refractivity contribution < 1.29 is 14.2 Å². The molecule has 0 saturated heterocycles. The zero-order valence-corrected chi connectivity index (χ0v) is 12.4. The van der Waals surface area contributed by atoms with Crippen LogP contribution in [0.4, 0.5) is 0 Å². The Morgan fingerprint density at radius 3 is 2.26 bits per heavy atom. The molecule has 1 aliphatic heterocycles. The molecule has 0 spiro atoms. The van der Waals surface area contributed by atoms with Crippen molar-refractivity contribution in [1.82, 2.24) is 4.90 Å². The molecule has 0 bridgehead atoms. The van der Waals surface area contributed by atoms with E-state index in [1.54, 1.807) is 21.3 Å². The van der Waals surface area contributed by atoms with Crippen molar-refractivity contribution in [1.29, 1.82) is 0 Å². The van der Waals surface area contributed by atoms with Crippen LogP contribution in [0.1, 0.15) is 25.0 Å². The highest BCUT2D eigenvalue weighted by atomic mass is 16.5. The number of hydrogen-bond acceptors (Lipinski definition) is 4. The molecule has 0 aromatic heterocycles. The van der Waals surface area contributed by atoms with E-state index in [-0.39, 0.29) is 0 Å². The Kier molecular flexibility index (Phi) is 4.20. The van der Waals surface area contributed by atoms with Gasteiger partial charge < -0.3 is 14.2 Å². The molecule has 0 fully saturated rings. The third-order valence-electron chi connectivity index (χ3n) is 3.79. The van der Waals surface area contributed by atoms with Crippen LogP contribution in [0, 0.1) is 0 Å². The lowest BCUT2D eigenvalue weighted by atomic mass is 9.96. The van der Waals surface area contributed by atoms with Gasteiger partial charge in [-0.25, -0.2) is 0 Å². The number of nitrogens with zero attached hydrogens (tertiary/aromatic N) is 1. The van der Waals surface area contributed by atoms with Crippen molar-refractivity contribution in [3.63, 3.8) is 0 Å². The van der Waals surface area contributed by atoms with E-state index in [2.05, 4.69) is 24.8 Å². The van der Waals surface area contributed by atoms with Crippen LogP contribution in [0.2, 0.25) is 0 Å². The summed E-state index contributed by atoms with van der Waals surface area (Å²) in [4.78, 5) is 2.44. The van der Waals surface area contributed by atoms with Crippen LogP contribution in [-0.2, 0) is 13.0 Å². The van der Waals surface area contributed by atoms with Crippen molar-refractivity contribution >= 4 is 0 Å². The van der Waals surface area contributed by atoms with E-state index in [1.165, 1.54) is 11.1 Å². The summed E-state index contributed by atoms with van der Waals surface area (Å²) in [5.74, 6) is 2.24. The summed E-state index contributed by atoms with van der Waals surface area (Å²) >= 11 is 0. The number of methoxy groups -OCH3 is 3. The normalized spacial score (nSPS) is 15.3. The number of hydrogen-bond donors (Lipinski definition) is 0. The number of rotatable bonds is 4. The third kappa shape index (κ3) is 2.50. The van der Waals surface area contributed by atoms with Gasteiger partial charge in [0.15, 0.2) is 11.5 Å². The smallest absolute Gasteiger partial charge is 0.203 e. The number of ether oxygens (including phenoxy) is 3. The van der Waals surface area contributed by atoms with Gasteiger partial charge in [0.1, 0.15) is 0 Å². The van der Waals surface area contributed by atoms with Gasteiger partial charge in [0.25, 0.3) is 0 Å². The summed E-state index contributed by atoms with van der Waals surface area (Å²) in [5.41, 5.74) is 2.52. The lowest BCUT2D eigenvalue weighted by Gasteiger charge is -2.33. The highest BCUT2D eigenvalue weighted by Gasteiger charge is 2.26. The monoisotopic (exact) mass is 265 g/mol. The maximum Gasteiger partial charge on any atom is 0.203 e. The predicted molar refractivity (Wildman–Crippen MR) is 75.3 cm³/mol. The first-order chi connectivity index (χ1) is 9.12. The molecule has 0 aliphatic carbocycles. The molecule has 1 heterocycles. The molecule has 1 aromatic rings. The topological polar surface area (TPSA) is 30.9 Å². The molecule has 0 atom stereocenters. The molecule has 1 aromatic carbocycles. The van der Waals surface area contributed by atoms with E-state index < -0.39 is 0 Å². The maximum absolute atomic E-state index is 5.57. The van der Waals surface area contributed by atoms with Gasteiger partial charge in [0, 0.05) is 24.7 Å². The molecule has 0 amide bonds. The van der Waals surface area contributed by atoms with Crippen LogP contribution in [0.25, 0.3) is 0 Å². The van der Waals surface area contributed by atoms with Gasteiger partial charge in [0.2, 0.25) is 5.75 Å². The summed E-state index contributed by atoms with van der Waals surface area (Å²) in [6.45, 7) is 6.41. The van der Waals surface area contributed by atoms with Crippen LogP contribution in [-0.4, -0.2) is 38.8 Å². The van der Waals surface area contributed by atoms with Crippen LogP contribution in [0.5, 0.6) is 17.2 Å². The quantitative estimate of drug-likeness (QED) is 0.837. The molecule has 0 N–H and O–H groups in total. The second kappa shape index (κ2) is 5.70. The van der Waals surface area contributed by atoms with E-state index in [4.69, 9.17) is 14.2 Å². The largest absolute Gasteiger partial charge is 0.493 e. The molecule has 4 nitrogen and oxygen atoms in total. The van der Waals surface area contributed by atoms with Crippen LogP contribution >= 0.6 is 0 Å². The first kappa shape index (κ1) is 14.0. The van der Waals surface area contributed by atoms with Crippen molar-refractivity contribution in [2.24, 2.45) is 0 Å². The standard InChI is InChI=1S/C15H23NO3/c1-10(2)16-7-6-11-8-13(17-3)15(19-5)14(18-4)12(11)9-16/h8,10H,6-7,9H2,1-5H3. The number of fused-ring (bicyclic) bond motifs is 1. The minimum Gasteiger partial charge on any atom is -0.493 e. The SMILES string of the molecule is COc1cc2c(c(OC)c1OC)CN(C(C)C)CC2. The van der Waals surface area contributed by atoms with Crippen molar-refractivity contribution in [2.45, 2.75) is 32.9 Å². The molecule has 0 radical (unpaired) electrons. The molecule has 106 valence electrons. The predicted octanol–water partition coefficient (Wildman–Crippen LogP) is 2.48. The van der Waals surface area contributed by atoms with Crippen molar-refractivity contribution in [2.75, 3.05) is 27.9 Å². The van der Waals surface area contributed by atoms with Crippen LogP contribution in [0.15, 0.2) is 6.07 Å². The van der Waals surface area contributed by atoms with Gasteiger partial charge in [-0.05, 0) is 31.9 Å². The molecule has 0 unspecified atom stereocenters. The third-order valence-corrected chi connectivity index (χ3v) is 3.79. The van der Waals surface area contributed by atoms with Crippen LogP contribution in [0.3, 0.4) is 0 Å². The average Bonchev–Trinajstić information content (AvgIpc) is 2.44. The Hall–Kier alpha value is -1.42. The van der Waals surface area contributed by atoms with Gasteiger partial charge in [-0.1, -0.05) is 0 Å². The Labute approximate surface area is 115 Å². The minimum atomic E-state index is 0.533. The Morgan fingerprint density at radius 2 is 1.74 bits per heavy atom. The molecular formula is C15H23NO3. The number of benzene rings is 1. The first-order valence-corrected chi connectivity index (χ1v) is 6.67. The second-order valence-corrected chi connectivity index (χ2v) is 5.10. The lowest BCUT2D eigenvalue weighted by molar-refractivity contribution is 0.198. The van der Waals surface area contributed by atoms with Crippen LogP contribution < -0.4 is 14.2 Å². The summed E-state index contributed by atoms with van der Waals surface area (Å²) in [7, 11) is 4.99. The van der Waals surface area contributed by atoms with E-state index >= 15 is 0 Å². The van der Waals surface area contributed by atoms with E-state index in [0.717, 1.165) is 31.0 Å². The van der Waals surface area contributed by atoms with Gasteiger partial charge >= 0.3 is 0 Å². The Morgan fingerprint density at radius 1 is 1.05 bits per heavy atom. The molecule has 4 heteroatoms. The minimum absolute atomic E-state index is 0.533. The second-order valence-electron chi connectivity index (χ2n) is 5.10. The highest BCUT2D eigenvalue weighted by Crippen LogP contribution is 2.43. The summed E-state index contributed by atoms with van der Waals surface area (Å²) in [6, 6.07) is 2.61. The maximum atomic E-state index is 5.57. The van der Waals surface area contributed by atoms with E-state index in [9.17, 15) is 0 Å². The summed E-state index contributed by atoms with van der Waals surface area (Å²) < 4.78 is 16.4. The van der Waals surface area contributed by atoms with Gasteiger partial charge in [0.05, 0.1) is 21.3 Å². The van der Waals surface area contributed by atoms with E-state index in [0.29, 0.717) is 11.8 Å². The van der Waals surface area contributed by atoms with Crippen molar-refractivity contribution in [3.8, 4) is 17.2 Å². The molecule has 19 heavy (non-hydrogen) atoms. The molecule has 2 rings (SSSR count). The van der Waals surface area contributed by atoms with Gasteiger partial charge in [-0.15, -0.1) is 0 Å². The summed E-state index contributed by atoms with van der Waals surface area (Å²) in [6.07, 6.45) is 1.02. The Balaban J connectivity index is 2.49. The lowest BCUT2D eigenvalue weighted by Crippen LogP contribution is -2.36. The van der Waals surface area contributed by atoms with Gasteiger partial charge in [-0.2, -0.15) is 0 Å². The molecule has 0 saturated carbocycles. The van der Waals surface area contributed by atoms with E-state index in [1.807, 2.05) is 0 Å². The van der Waals surface area contributed by atoms with Crippen molar-refractivity contribution in [3.05, 3.63) is 17.2 Å². The zero-order valence-electron chi connectivity index (χ0n) is 12.4.